The molecule has 1 saturated heterocycles. The number of hydrogen-bond donors (Lipinski definition) is 2. The number of nitrogens with one attached hydrogen (secondary N) is 1. The van der Waals surface area contributed by atoms with Crippen molar-refractivity contribution in [3.05, 3.63) is 30.3 Å². The first kappa shape index (κ1) is 14.3. The quantitative estimate of drug-likeness (QED) is 0.781. The first-order chi connectivity index (χ1) is 9.05. The second-order valence-electron chi connectivity index (χ2n) is 4.79. The molecule has 19 heavy (non-hydrogen) atoms. The normalized spacial score (nSPS) is 23.1. The molecular formula is C13H19NO4S. The van der Waals surface area contributed by atoms with Gasteiger partial charge in [-0.2, -0.15) is 0 Å². The van der Waals surface area contributed by atoms with Crippen LogP contribution in [-0.2, 0) is 9.84 Å². The average molecular weight is 285 g/mol. The van der Waals surface area contributed by atoms with Crippen molar-refractivity contribution in [1.29, 1.82) is 0 Å². The zero-order chi connectivity index (χ0) is 13.7. The third-order valence-electron chi connectivity index (χ3n) is 3.06. The summed E-state index contributed by atoms with van der Waals surface area (Å²) in [6.07, 6.45) is -0.0299. The molecule has 1 fully saturated rings. The number of hydrogen-bond acceptors (Lipinski definition) is 5. The summed E-state index contributed by atoms with van der Waals surface area (Å²) in [5, 5.41) is 12.8. The molecule has 2 atom stereocenters. The Morgan fingerprint density at radius 2 is 2.11 bits per heavy atom. The topological polar surface area (TPSA) is 75.6 Å². The molecule has 1 aliphatic rings. The predicted octanol–water partition coefficient (Wildman–Crippen LogP) is 0.203. The van der Waals surface area contributed by atoms with Crippen molar-refractivity contribution in [2.75, 3.05) is 24.7 Å². The van der Waals surface area contributed by atoms with Crippen molar-refractivity contribution in [2.24, 2.45) is 0 Å². The molecule has 0 spiro atoms. The molecule has 1 aliphatic heterocycles. The van der Waals surface area contributed by atoms with E-state index in [1.165, 1.54) is 0 Å². The maximum Gasteiger partial charge on any atom is 0.151 e. The lowest BCUT2D eigenvalue weighted by molar-refractivity contribution is 0.104. The average Bonchev–Trinajstić information content (AvgIpc) is 2.75. The van der Waals surface area contributed by atoms with Crippen molar-refractivity contribution in [2.45, 2.75) is 18.6 Å². The molecule has 0 amide bonds. The fourth-order valence-corrected chi connectivity index (χ4v) is 3.73. The summed E-state index contributed by atoms with van der Waals surface area (Å²) >= 11 is 0. The number of benzene rings is 1. The highest BCUT2D eigenvalue weighted by Gasteiger charge is 2.27. The monoisotopic (exact) mass is 285 g/mol. The number of rotatable bonds is 6. The molecule has 0 saturated carbocycles. The summed E-state index contributed by atoms with van der Waals surface area (Å²) in [7, 11) is -2.87. The minimum Gasteiger partial charge on any atom is -0.491 e. The van der Waals surface area contributed by atoms with E-state index in [0.717, 1.165) is 0 Å². The van der Waals surface area contributed by atoms with Crippen LogP contribution in [0, 0.1) is 0 Å². The molecular weight excluding hydrogens is 266 g/mol. The molecule has 2 N–H and O–H groups in total. The van der Waals surface area contributed by atoms with Gasteiger partial charge in [0.05, 0.1) is 11.5 Å². The van der Waals surface area contributed by atoms with Crippen molar-refractivity contribution >= 4 is 9.84 Å². The summed E-state index contributed by atoms with van der Waals surface area (Å²) in [6, 6.07) is 9.22. The fraction of sp³-hybridized carbons (Fsp3) is 0.538. The van der Waals surface area contributed by atoms with E-state index in [1.807, 2.05) is 30.3 Å². The lowest BCUT2D eigenvalue weighted by Crippen LogP contribution is -2.38. The molecule has 0 aromatic heterocycles. The smallest absolute Gasteiger partial charge is 0.151 e. The number of sulfone groups is 1. The van der Waals surface area contributed by atoms with E-state index in [2.05, 4.69) is 5.32 Å². The van der Waals surface area contributed by atoms with Crippen LogP contribution < -0.4 is 10.1 Å². The predicted molar refractivity (Wildman–Crippen MR) is 73.0 cm³/mol. The molecule has 2 rings (SSSR count). The van der Waals surface area contributed by atoms with E-state index < -0.39 is 15.9 Å². The maximum absolute atomic E-state index is 11.3. The van der Waals surface area contributed by atoms with Crippen LogP contribution >= 0.6 is 0 Å². The largest absolute Gasteiger partial charge is 0.491 e. The molecule has 6 heteroatoms. The number of aliphatic hydroxyl groups excluding tert-OH is 1. The summed E-state index contributed by atoms with van der Waals surface area (Å²) in [5.74, 6) is 1.12. The van der Waals surface area contributed by atoms with E-state index in [4.69, 9.17) is 4.74 Å². The molecule has 2 unspecified atom stereocenters. The zero-order valence-corrected chi connectivity index (χ0v) is 11.5. The molecule has 106 valence electrons. The van der Waals surface area contributed by atoms with Gasteiger partial charge in [0.1, 0.15) is 18.5 Å². The van der Waals surface area contributed by atoms with Gasteiger partial charge in [-0.25, -0.2) is 8.42 Å². The highest BCUT2D eigenvalue weighted by Crippen LogP contribution is 2.11. The van der Waals surface area contributed by atoms with Crippen LogP contribution in [0.25, 0.3) is 0 Å². The second-order valence-corrected chi connectivity index (χ2v) is 7.01. The zero-order valence-electron chi connectivity index (χ0n) is 10.7. The fourth-order valence-electron chi connectivity index (χ4n) is 2.03. The van der Waals surface area contributed by atoms with Crippen LogP contribution in [0.15, 0.2) is 30.3 Å². The van der Waals surface area contributed by atoms with Gasteiger partial charge in [0, 0.05) is 12.6 Å². The van der Waals surface area contributed by atoms with Crippen LogP contribution in [0.5, 0.6) is 5.75 Å². The van der Waals surface area contributed by atoms with Crippen LogP contribution in [0.3, 0.4) is 0 Å². The summed E-state index contributed by atoms with van der Waals surface area (Å²) in [5.41, 5.74) is 0. The van der Waals surface area contributed by atoms with Gasteiger partial charge < -0.3 is 15.2 Å². The van der Waals surface area contributed by atoms with Gasteiger partial charge >= 0.3 is 0 Å². The third kappa shape index (κ3) is 4.81. The molecule has 5 nitrogen and oxygen atoms in total. The molecule has 0 radical (unpaired) electrons. The van der Waals surface area contributed by atoms with E-state index in [0.29, 0.717) is 18.7 Å². The third-order valence-corrected chi connectivity index (χ3v) is 4.83. The molecule has 0 bridgehead atoms. The summed E-state index contributed by atoms with van der Waals surface area (Å²) in [6.45, 7) is 0.531. The minimum absolute atomic E-state index is 0.0450. The van der Waals surface area contributed by atoms with Crippen molar-refractivity contribution in [3.63, 3.8) is 0 Å². The lowest BCUT2D eigenvalue weighted by atomic mass is 10.2. The Kier molecular flexibility index (Phi) is 4.79. The van der Waals surface area contributed by atoms with Gasteiger partial charge in [-0.15, -0.1) is 0 Å². The van der Waals surface area contributed by atoms with Crippen LogP contribution in [0.1, 0.15) is 6.42 Å². The molecule has 1 heterocycles. The Morgan fingerprint density at radius 3 is 2.74 bits per heavy atom. The lowest BCUT2D eigenvalue weighted by Gasteiger charge is -2.16. The number of para-hydroxylation sites is 1. The number of aliphatic hydroxyl groups is 1. The highest BCUT2D eigenvalue weighted by atomic mass is 32.2. The molecule has 1 aromatic carbocycles. The van der Waals surface area contributed by atoms with Gasteiger partial charge in [0.15, 0.2) is 9.84 Å². The van der Waals surface area contributed by atoms with Crippen molar-refractivity contribution < 1.29 is 18.3 Å². The van der Waals surface area contributed by atoms with Crippen molar-refractivity contribution in [3.8, 4) is 5.75 Å². The van der Waals surface area contributed by atoms with Crippen LogP contribution in [-0.4, -0.2) is 50.3 Å². The Balaban J connectivity index is 1.66. The van der Waals surface area contributed by atoms with Gasteiger partial charge in [0.2, 0.25) is 0 Å². The van der Waals surface area contributed by atoms with E-state index in [-0.39, 0.29) is 24.2 Å². The van der Waals surface area contributed by atoms with E-state index >= 15 is 0 Å². The second kappa shape index (κ2) is 6.36. The number of ether oxygens (including phenoxy) is 1. The Labute approximate surface area is 113 Å². The SMILES string of the molecule is O=S1(=O)CCC(NCC(O)COc2ccccc2)C1. The van der Waals surface area contributed by atoms with E-state index in [1.54, 1.807) is 0 Å². The van der Waals surface area contributed by atoms with Gasteiger partial charge in [-0.05, 0) is 18.6 Å². The van der Waals surface area contributed by atoms with Gasteiger partial charge in [-0.3, -0.25) is 0 Å². The molecule has 0 aliphatic carbocycles. The minimum atomic E-state index is -2.87. The van der Waals surface area contributed by atoms with Gasteiger partial charge in [-0.1, -0.05) is 18.2 Å². The van der Waals surface area contributed by atoms with E-state index in [9.17, 15) is 13.5 Å². The highest BCUT2D eigenvalue weighted by molar-refractivity contribution is 7.91. The Bertz CT molecular complexity index is 489. The first-order valence-electron chi connectivity index (χ1n) is 6.35. The van der Waals surface area contributed by atoms with Crippen molar-refractivity contribution in [1.82, 2.24) is 5.32 Å². The van der Waals surface area contributed by atoms with Crippen LogP contribution in [0.2, 0.25) is 0 Å². The van der Waals surface area contributed by atoms with Gasteiger partial charge in [0.25, 0.3) is 0 Å². The Morgan fingerprint density at radius 1 is 1.37 bits per heavy atom. The van der Waals surface area contributed by atoms with Crippen LogP contribution in [0.4, 0.5) is 0 Å². The molecule has 1 aromatic rings. The summed E-state index contributed by atoms with van der Waals surface area (Å²) < 4.78 is 28.0. The first-order valence-corrected chi connectivity index (χ1v) is 8.17. The maximum atomic E-state index is 11.3. The standard InChI is InChI=1S/C13H19NO4S/c15-12(9-18-13-4-2-1-3-5-13)8-14-11-6-7-19(16,17)10-11/h1-5,11-12,14-15H,6-10H2. The summed E-state index contributed by atoms with van der Waals surface area (Å²) in [4.78, 5) is 0. The Hall–Kier alpha value is -1.11.